The number of nitrogens with one attached hydrogen (secondary N) is 1. The van der Waals surface area contributed by atoms with Crippen molar-refractivity contribution < 1.29 is 19.4 Å². The number of aliphatic hydroxyl groups is 1. The summed E-state index contributed by atoms with van der Waals surface area (Å²) in [6.45, 7) is 4.79. The molecule has 0 saturated heterocycles. The number of hydrogen-bond donors (Lipinski definition) is 2. The van der Waals surface area contributed by atoms with E-state index in [1.54, 1.807) is 24.3 Å². The lowest BCUT2D eigenvalue weighted by molar-refractivity contribution is 0.102. The third kappa shape index (κ3) is 3.36. The highest BCUT2D eigenvalue weighted by Gasteiger charge is 2.20. The van der Waals surface area contributed by atoms with Crippen LogP contribution in [0.3, 0.4) is 0 Å². The van der Waals surface area contributed by atoms with Crippen LogP contribution in [0.2, 0.25) is 0 Å². The first-order chi connectivity index (χ1) is 11.6. The van der Waals surface area contributed by atoms with Gasteiger partial charge in [0.15, 0.2) is 11.5 Å². The van der Waals surface area contributed by atoms with Crippen molar-refractivity contribution in [3.05, 3.63) is 53.1 Å². The summed E-state index contributed by atoms with van der Waals surface area (Å²) in [7, 11) is 0. The summed E-state index contributed by atoms with van der Waals surface area (Å²) in [5.74, 6) is 0.945. The van der Waals surface area contributed by atoms with Gasteiger partial charge < -0.3 is 19.9 Å². The first-order valence-electron chi connectivity index (χ1n) is 8.08. The van der Waals surface area contributed by atoms with E-state index in [0.29, 0.717) is 47.9 Å². The highest BCUT2D eigenvalue weighted by atomic mass is 16.6. The average molecular weight is 327 g/mol. The van der Waals surface area contributed by atoms with Crippen molar-refractivity contribution in [1.82, 2.24) is 0 Å². The fourth-order valence-electron chi connectivity index (χ4n) is 2.61. The van der Waals surface area contributed by atoms with Gasteiger partial charge >= 0.3 is 0 Å². The second-order valence-electron chi connectivity index (χ2n) is 5.83. The molecule has 24 heavy (non-hydrogen) atoms. The Hall–Kier alpha value is -2.53. The van der Waals surface area contributed by atoms with Gasteiger partial charge in [-0.25, -0.2) is 0 Å². The van der Waals surface area contributed by atoms with Crippen molar-refractivity contribution in [3.8, 4) is 11.5 Å². The van der Waals surface area contributed by atoms with E-state index in [4.69, 9.17) is 9.47 Å². The van der Waals surface area contributed by atoms with E-state index in [-0.39, 0.29) is 5.91 Å². The van der Waals surface area contributed by atoms with Gasteiger partial charge in [0.25, 0.3) is 5.91 Å². The summed E-state index contributed by atoms with van der Waals surface area (Å²) in [6, 6.07) is 10.8. The van der Waals surface area contributed by atoms with Crippen LogP contribution in [0.5, 0.6) is 11.5 Å². The van der Waals surface area contributed by atoms with Gasteiger partial charge in [0.1, 0.15) is 13.2 Å². The van der Waals surface area contributed by atoms with Crippen molar-refractivity contribution >= 4 is 11.6 Å². The van der Waals surface area contributed by atoms with Gasteiger partial charge in [-0.15, -0.1) is 0 Å². The van der Waals surface area contributed by atoms with Crippen LogP contribution in [-0.2, 0) is 0 Å². The van der Waals surface area contributed by atoms with Crippen LogP contribution in [0.15, 0.2) is 36.4 Å². The quantitative estimate of drug-likeness (QED) is 0.902. The molecule has 1 heterocycles. The van der Waals surface area contributed by atoms with Gasteiger partial charge in [-0.3, -0.25) is 4.79 Å². The molecule has 0 spiro atoms. The van der Waals surface area contributed by atoms with Crippen LogP contribution < -0.4 is 14.8 Å². The Balaban J connectivity index is 1.93. The minimum atomic E-state index is -0.686. The Morgan fingerprint density at radius 2 is 1.79 bits per heavy atom. The lowest BCUT2D eigenvalue weighted by Gasteiger charge is -2.23. The number of fused-ring (bicyclic) bond motifs is 1. The molecule has 3 rings (SSSR count). The molecule has 0 radical (unpaired) electrons. The lowest BCUT2D eigenvalue weighted by atomic mass is 10.0. The molecule has 5 nitrogen and oxygen atoms in total. The molecule has 126 valence electrons. The molecule has 0 fully saturated rings. The normalized spacial score (nSPS) is 14.1. The maximum absolute atomic E-state index is 12.5. The Morgan fingerprint density at radius 1 is 1.17 bits per heavy atom. The molecular weight excluding hydrogens is 306 g/mol. The molecule has 1 aliphatic rings. The van der Waals surface area contributed by atoms with Gasteiger partial charge in [0.05, 0.1) is 11.8 Å². The molecule has 0 saturated carbocycles. The highest BCUT2D eigenvalue weighted by Crippen LogP contribution is 2.38. The number of carbonyl (C=O) groups excluding carboxylic acids is 1. The van der Waals surface area contributed by atoms with Crippen molar-refractivity contribution in [2.75, 3.05) is 18.5 Å². The summed E-state index contributed by atoms with van der Waals surface area (Å²) in [4.78, 5) is 12.5. The number of rotatable bonds is 4. The van der Waals surface area contributed by atoms with Crippen LogP contribution in [0.25, 0.3) is 0 Å². The third-order valence-corrected chi connectivity index (χ3v) is 4.02. The lowest BCUT2D eigenvalue weighted by Crippen LogP contribution is -2.18. The summed E-state index contributed by atoms with van der Waals surface area (Å²) in [6.07, 6.45) is -0.151. The van der Waals surface area contributed by atoms with Crippen molar-refractivity contribution in [3.63, 3.8) is 0 Å². The molecule has 1 atom stereocenters. The smallest absolute Gasteiger partial charge is 0.255 e. The molecule has 1 aliphatic heterocycles. The van der Waals surface area contributed by atoms with Crippen LogP contribution >= 0.6 is 0 Å². The predicted octanol–water partition coefficient (Wildman–Crippen LogP) is 3.46. The van der Waals surface area contributed by atoms with Crippen molar-refractivity contribution in [2.24, 2.45) is 0 Å². The van der Waals surface area contributed by atoms with E-state index >= 15 is 0 Å². The fraction of sp³-hybridized carbons (Fsp3) is 0.316. The van der Waals surface area contributed by atoms with E-state index < -0.39 is 6.10 Å². The largest absolute Gasteiger partial charge is 0.486 e. The molecule has 2 aromatic carbocycles. The number of aliphatic hydroxyl groups excluding tert-OH is 1. The summed E-state index contributed by atoms with van der Waals surface area (Å²) in [5, 5.41) is 13.2. The van der Waals surface area contributed by atoms with Gasteiger partial charge in [-0.05, 0) is 31.5 Å². The summed E-state index contributed by atoms with van der Waals surface area (Å²) >= 11 is 0. The molecular formula is C19H21NO4. The van der Waals surface area contributed by atoms with E-state index in [2.05, 4.69) is 5.32 Å². The van der Waals surface area contributed by atoms with Crippen LogP contribution in [0, 0.1) is 6.92 Å². The second-order valence-corrected chi connectivity index (χ2v) is 5.83. The van der Waals surface area contributed by atoms with E-state index in [1.165, 1.54) is 0 Å². The molecule has 0 unspecified atom stereocenters. The van der Waals surface area contributed by atoms with E-state index in [1.807, 2.05) is 26.0 Å². The monoisotopic (exact) mass is 327 g/mol. The zero-order valence-corrected chi connectivity index (χ0v) is 13.8. The molecule has 2 aromatic rings. The maximum Gasteiger partial charge on any atom is 0.255 e. The first-order valence-corrected chi connectivity index (χ1v) is 8.08. The number of carbonyl (C=O) groups is 1. The molecule has 2 N–H and O–H groups in total. The van der Waals surface area contributed by atoms with Crippen LogP contribution in [-0.4, -0.2) is 24.2 Å². The Morgan fingerprint density at radius 3 is 2.42 bits per heavy atom. The molecule has 5 heteroatoms. The standard InChI is InChI=1S/C19H21NO4/c1-3-16(21)14-10-17-18(24-9-8-23-17)11-15(14)20-19(22)13-6-4-12(2)5-7-13/h4-7,10-11,16,21H,3,8-9H2,1-2H3,(H,20,22)/t16-/m1/s1. The number of aryl methyl sites for hydroxylation is 1. The van der Waals surface area contributed by atoms with Gasteiger partial charge in [0, 0.05) is 17.2 Å². The Labute approximate surface area is 141 Å². The fourth-order valence-corrected chi connectivity index (χ4v) is 2.61. The Kier molecular flexibility index (Phi) is 4.71. The average Bonchev–Trinajstić information content (AvgIpc) is 2.61. The van der Waals surface area contributed by atoms with Crippen molar-refractivity contribution in [2.45, 2.75) is 26.4 Å². The number of anilines is 1. The molecule has 0 bridgehead atoms. The number of ether oxygens (including phenoxy) is 2. The SMILES string of the molecule is CC[C@@H](O)c1cc2c(cc1NC(=O)c1ccc(C)cc1)OCCO2. The number of hydrogen-bond acceptors (Lipinski definition) is 4. The van der Waals surface area contributed by atoms with E-state index in [9.17, 15) is 9.90 Å². The molecule has 1 amide bonds. The number of benzene rings is 2. The van der Waals surface area contributed by atoms with Crippen LogP contribution in [0.4, 0.5) is 5.69 Å². The number of amides is 1. The highest BCUT2D eigenvalue weighted by molar-refractivity contribution is 6.04. The summed E-state index contributed by atoms with van der Waals surface area (Å²) in [5.41, 5.74) is 2.82. The second kappa shape index (κ2) is 6.93. The van der Waals surface area contributed by atoms with Gasteiger partial charge in [-0.1, -0.05) is 24.6 Å². The minimum Gasteiger partial charge on any atom is -0.486 e. The molecule has 0 aliphatic carbocycles. The van der Waals surface area contributed by atoms with Gasteiger partial charge in [0.2, 0.25) is 0 Å². The topological polar surface area (TPSA) is 67.8 Å². The zero-order valence-electron chi connectivity index (χ0n) is 13.8. The minimum absolute atomic E-state index is 0.226. The zero-order chi connectivity index (χ0) is 17.1. The predicted molar refractivity (Wildman–Crippen MR) is 91.8 cm³/mol. The third-order valence-electron chi connectivity index (χ3n) is 4.02. The Bertz CT molecular complexity index is 740. The van der Waals surface area contributed by atoms with Gasteiger partial charge in [-0.2, -0.15) is 0 Å². The van der Waals surface area contributed by atoms with Crippen molar-refractivity contribution in [1.29, 1.82) is 0 Å². The first kappa shape index (κ1) is 16.3. The van der Waals surface area contributed by atoms with E-state index in [0.717, 1.165) is 5.56 Å². The maximum atomic E-state index is 12.5. The molecule has 0 aromatic heterocycles. The van der Waals surface area contributed by atoms with Crippen LogP contribution in [0.1, 0.15) is 40.9 Å². The summed E-state index contributed by atoms with van der Waals surface area (Å²) < 4.78 is 11.1.